The van der Waals surface area contributed by atoms with Crippen LogP contribution in [0.5, 0.6) is 0 Å². The monoisotopic (exact) mass is 312 g/mol. The molecule has 2 heterocycles. The molecule has 1 amide bonds. The van der Waals surface area contributed by atoms with E-state index in [1.165, 1.54) is 0 Å². The topological polar surface area (TPSA) is 50.2 Å². The van der Waals surface area contributed by atoms with E-state index in [-0.39, 0.29) is 5.91 Å². The summed E-state index contributed by atoms with van der Waals surface area (Å²) in [5, 5.41) is 7.77. The number of nitrogens with one attached hydrogen (secondary N) is 1. The number of aryl methyl sites for hydroxylation is 2. The fourth-order valence-electron chi connectivity index (χ4n) is 3.19. The molecular formula is C18H24N4O. The minimum Gasteiger partial charge on any atom is -0.339 e. The van der Waals surface area contributed by atoms with Gasteiger partial charge >= 0.3 is 0 Å². The number of likely N-dealkylation sites (tertiary alicyclic amines) is 1. The first-order valence-electron chi connectivity index (χ1n) is 8.18. The van der Waals surface area contributed by atoms with E-state index in [2.05, 4.69) is 10.4 Å². The van der Waals surface area contributed by atoms with Crippen LogP contribution in [0.4, 0.5) is 0 Å². The van der Waals surface area contributed by atoms with Crippen molar-refractivity contribution in [1.29, 1.82) is 0 Å². The van der Waals surface area contributed by atoms with Crippen LogP contribution in [0, 0.1) is 13.8 Å². The number of benzene rings is 1. The standard InChI is InChI=1S/C18H24N4O/c1-13-12-14(2)22(20-13)17-6-4-15(5-7-17)18(23)21-10-8-16(19-3)9-11-21/h4-7,12,16,19H,8-11H2,1-3H3. The van der Waals surface area contributed by atoms with Crippen LogP contribution in [0.25, 0.3) is 5.69 Å². The molecule has 5 heteroatoms. The molecule has 5 nitrogen and oxygen atoms in total. The predicted molar refractivity (Wildman–Crippen MR) is 91.0 cm³/mol. The first-order chi connectivity index (χ1) is 11.1. The Morgan fingerprint density at radius 1 is 1.17 bits per heavy atom. The van der Waals surface area contributed by atoms with Crippen molar-refractivity contribution in [2.24, 2.45) is 0 Å². The van der Waals surface area contributed by atoms with E-state index in [1.807, 2.05) is 60.8 Å². The fraction of sp³-hybridized carbons (Fsp3) is 0.444. The van der Waals surface area contributed by atoms with Gasteiger partial charge in [0.15, 0.2) is 0 Å². The van der Waals surface area contributed by atoms with Crippen molar-refractivity contribution >= 4 is 5.91 Å². The highest BCUT2D eigenvalue weighted by atomic mass is 16.2. The molecule has 1 aromatic heterocycles. The number of hydrogen-bond acceptors (Lipinski definition) is 3. The fourth-order valence-corrected chi connectivity index (χ4v) is 3.19. The third-order valence-electron chi connectivity index (χ3n) is 4.56. The molecular weight excluding hydrogens is 288 g/mol. The van der Waals surface area contributed by atoms with E-state index in [9.17, 15) is 4.79 Å². The first-order valence-corrected chi connectivity index (χ1v) is 8.18. The van der Waals surface area contributed by atoms with Gasteiger partial charge in [0, 0.05) is 30.4 Å². The molecule has 0 bridgehead atoms. The molecule has 0 aliphatic carbocycles. The normalized spacial score (nSPS) is 15.9. The van der Waals surface area contributed by atoms with Crippen LogP contribution in [0.2, 0.25) is 0 Å². The Bertz CT molecular complexity index is 682. The molecule has 1 aromatic carbocycles. The molecule has 1 aliphatic rings. The van der Waals surface area contributed by atoms with Gasteiger partial charge in [0.1, 0.15) is 0 Å². The minimum atomic E-state index is 0.125. The van der Waals surface area contributed by atoms with Crippen LogP contribution in [0.15, 0.2) is 30.3 Å². The molecule has 1 N–H and O–H groups in total. The molecule has 1 fully saturated rings. The zero-order valence-corrected chi connectivity index (χ0v) is 14.0. The number of rotatable bonds is 3. The van der Waals surface area contributed by atoms with E-state index < -0.39 is 0 Å². The van der Waals surface area contributed by atoms with Crippen molar-refractivity contribution in [2.75, 3.05) is 20.1 Å². The molecule has 0 spiro atoms. The summed E-state index contributed by atoms with van der Waals surface area (Å²) in [4.78, 5) is 14.5. The second kappa shape index (κ2) is 6.54. The van der Waals surface area contributed by atoms with Crippen LogP contribution in [0.3, 0.4) is 0 Å². The zero-order valence-electron chi connectivity index (χ0n) is 14.0. The van der Waals surface area contributed by atoms with E-state index in [1.54, 1.807) is 0 Å². The summed E-state index contributed by atoms with van der Waals surface area (Å²) in [6, 6.07) is 10.3. The SMILES string of the molecule is CNC1CCN(C(=O)c2ccc(-n3nc(C)cc3C)cc2)CC1. The molecule has 0 atom stereocenters. The van der Waals surface area contributed by atoms with Gasteiger partial charge in [-0.3, -0.25) is 4.79 Å². The molecule has 23 heavy (non-hydrogen) atoms. The smallest absolute Gasteiger partial charge is 0.253 e. The summed E-state index contributed by atoms with van der Waals surface area (Å²) in [6.45, 7) is 5.66. The summed E-state index contributed by atoms with van der Waals surface area (Å²) >= 11 is 0. The van der Waals surface area contributed by atoms with Crippen molar-refractivity contribution in [3.05, 3.63) is 47.3 Å². The van der Waals surface area contributed by atoms with Crippen molar-refractivity contribution in [3.8, 4) is 5.69 Å². The number of nitrogens with zero attached hydrogens (tertiary/aromatic N) is 3. The van der Waals surface area contributed by atoms with Gasteiger partial charge in [0.05, 0.1) is 11.4 Å². The average Bonchev–Trinajstić information content (AvgIpc) is 2.93. The van der Waals surface area contributed by atoms with E-state index >= 15 is 0 Å². The lowest BCUT2D eigenvalue weighted by Crippen LogP contribution is -2.43. The number of amides is 1. The summed E-state index contributed by atoms with van der Waals surface area (Å²) in [7, 11) is 1.99. The molecule has 0 unspecified atom stereocenters. The number of piperidine rings is 1. The summed E-state index contributed by atoms with van der Waals surface area (Å²) in [6.07, 6.45) is 2.04. The Labute approximate surface area is 137 Å². The van der Waals surface area contributed by atoms with E-state index in [0.717, 1.165) is 48.6 Å². The van der Waals surface area contributed by atoms with Gasteiger partial charge in [0.2, 0.25) is 0 Å². The number of aromatic nitrogens is 2. The zero-order chi connectivity index (χ0) is 16.4. The van der Waals surface area contributed by atoms with Gasteiger partial charge in [-0.15, -0.1) is 0 Å². The van der Waals surface area contributed by atoms with Crippen LogP contribution in [0.1, 0.15) is 34.6 Å². The Hall–Kier alpha value is -2.14. The van der Waals surface area contributed by atoms with Gasteiger partial charge in [-0.25, -0.2) is 4.68 Å². The summed E-state index contributed by atoms with van der Waals surface area (Å²) in [5.41, 5.74) is 3.82. The number of carbonyl (C=O) groups excluding carboxylic acids is 1. The molecule has 1 aliphatic heterocycles. The third-order valence-corrected chi connectivity index (χ3v) is 4.56. The van der Waals surface area contributed by atoms with Crippen LogP contribution in [-0.2, 0) is 0 Å². The summed E-state index contributed by atoms with van der Waals surface area (Å²) < 4.78 is 1.90. The molecule has 0 saturated carbocycles. The second-order valence-corrected chi connectivity index (χ2v) is 6.24. The Balaban J connectivity index is 1.72. The molecule has 2 aromatic rings. The van der Waals surface area contributed by atoms with Gasteiger partial charge in [-0.1, -0.05) is 0 Å². The van der Waals surface area contributed by atoms with Crippen molar-refractivity contribution in [2.45, 2.75) is 32.7 Å². The van der Waals surface area contributed by atoms with Crippen molar-refractivity contribution in [1.82, 2.24) is 20.0 Å². The minimum absolute atomic E-state index is 0.125. The Morgan fingerprint density at radius 2 is 1.83 bits per heavy atom. The quantitative estimate of drug-likeness (QED) is 0.946. The predicted octanol–water partition coefficient (Wildman–Crippen LogP) is 2.31. The second-order valence-electron chi connectivity index (χ2n) is 6.24. The number of carbonyl (C=O) groups is 1. The van der Waals surface area contributed by atoms with E-state index in [4.69, 9.17) is 0 Å². The molecule has 122 valence electrons. The highest BCUT2D eigenvalue weighted by Crippen LogP contribution is 2.17. The van der Waals surface area contributed by atoms with Crippen molar-refractivity contribution < 1.29 is 4.79 Å². The molecule has 0 radical (unpaired) electrons. The van der Waals surface area contributed by atoms with Crippen molar-refractivity contribution in [3.63, 3.8) is 0 Å². The maximum absolute atomic E-state index is 12.6. The number of hydrogen-bond donors (Lipinski definition) is 1. The van der Waals surface area contributed by atoms with Crippen LogP contribution in [-0.4, -0.2) is 46.8 Å². The largest absolute Gasteiger partial charge is 0.339 e. The lowest BCUT2D eigenvalue weighted by atomic mass is 10.0. The highest BCUT2D eigenvalue weighted by Gasteiger charge is 2.22. The third kappa shape index (κ3) is 3.29. The lowest BCUT2D eigenvalue weighted by Gasteiger charge is -2.31. The maximum Gasteiger partial charge on any atom is 0.253 e. The van der Waals surface area contributed by atoms with Gasteiger partial charge in [0.25, 0.3) is 5.91 Å². The maximum atomic E-state index is 12.6. The highest BCUT2D eigenvalue weighted by molar-refractivity contribution is 5.94. The van der Waals surface area contributed by atoms with Gasteiger partial charge in [-0.05, 0) is 64.1 Å². The lowest BCUT2D eigenvalue weighted by molar-refractivity contribution is 0.0707. The van der Waals surface area contributed by atoms with Gasteiger partial charge in [-0.2, -0.15) is 5.10 Å². The van der Waals surface area contributed by atoms with Gasteiger partial charge < -0.3 is 10.2 Å². The Kier molecular flexibility index (Phi) is 4.48. The molecule has 1 saturated heterocycles. The summed E-state index contributed by atoms with van der Waals surface area (Å²) in [5.74, 6) is 0.125. The average molecular weight is 312 g/mol. The van der Waals surface area contributed by atoms with Crippen LogP contribution < -0.4 is 5.32 Å². The Morgan fingerprint density at radius 3 is 2.35 bits per heavy atom. The first kappa shape index (κ1) is 15.7. The van der Waals surface area contributed by atoms with E-state index in [0.29, 0.717) is 6.04 Å². The van der Waals surface area contributed by atoms with Crippen LogP contribution >= 0.6 is 0 Å². The molecule has 3 rings (SSSR count).